The molecule has 0 aliphatic carbocycles. The van der Waals surface area contributed by atoms with Gasteiger partial charge in [-0.25, -0.2) is 9.97 Å². The van der Waals surface area contributed by atoms with E-state index in [0.29, 0.717) is 12.6 Å². The molecule has 0 unspecified atom stereocenters. The van der Waals surface area contributed by atoms with Gasteiger partial charge in [0, 0.05) is 17.8 Å². The summed E-state index contributed by atoms with van der Waals surface area (Å²) in [4.78, 5) is 7.99. The second kappa shape index (κ2) is 4.21. The quantitative estimate of drug-likeness (QED) is 0.741. The van der Waals surface area contributed by atoms with E-state index in [4.69, 9.17) is 4.74 Å². The standard InChI is InChI=1S/C12H10N4O/c1-4-13-12(14-5-1)17-8-9-2-3-11-10(6-9)7-15-16-11/h1-7H,8H2,(H,15,16). The number of rotatable bonds is 3. The van der Waals surface area contributed by atoms with Gasteiger partial charge in [-0.15, -0.1) is 0 Å². The first-order valence-corrected chi connectivity index (χ1v) is 5.24. The summed E-state index contributed by atoms with van der Waals surface area (Å²) in [6, 6.07) is 8.14. The Kier molecular flexibility index (Phi) is 2.42. The van der Waals surface area contributed by atoms with Gasteiger partial charge in [-0.1, -0.05) is 6.07 Å². The fraction of sp³-hybridized carbons (Fsp3) is 0.0833. The number of fused-ring (bicyclic) bond motifs is 1. The van der Waals surface area contributed by atoms with Crippen LogP contribution in [0, 0.1) is 0 Å². The number of ether oxygens (including phenoxy) is 1. The van der Waals surface area contributed by atoms with E-state index in [-0.39, 0.29) is 0 Å². The smallest absolute Gasteiger partial charge is 0.316 e. The number of H-pyrrole nitrogens is 1. The molecule has 0 aliphatic rings. The van der Waals surface area contributed by atoms with Gasteiger partial charge in [0.2, 0.25) is 0 Å². The van der Waals surface area contributed by atoms with Crippen LogP contribution in [0.5, 0.6) is 6.01 Å². The second-order valence-electron chi connectivity index (χ2n) is 3.61. The molecule has 0 aliphatic heterocycles. The van der Waals surface area contributed by atoms with Crippen LogP contribution in [-0.2, 0) is 6.61 Å². The maximum absolute atomic E-state index is 5.46. The Bertz CT molecular complexity index is 620. The molecule has 1 N–H and O–H groups in total. The lowest BCUT2D eigenvalue weighted by atomic mass is 10.2. The average Bonchev–Trinajstić information content (AvgIpc) is 2.85. The summed E-state index contributed by atoms with van der Waals surface area (Å²) in [6.07, 6.45) is 5.10. The third kappa shape index (κ3) is 2.08. The van der Waals surface area contributed by atoms with Crippen molar-refractivity contribution in [1.29, 1.82) is 0 Å². The van der Waals surface area contributed by atoms with Crippen molar-refractivity contribution in [3.05, 3.63) is 48.4 Å². The summed E-state index contributed by atoms with van der Waals surface area (Å²) in [5, 5.41) is 7.94. The number of hydrogen-bond acceptors (Lipinski definition) is 4. The Hall–Kier alpha value is -2.43. The number of aromatic amines is 1. The largest absolute Gasteiger partial charge is 0.459 e. The average molecular weight is 226 g/mol. The fourth-order valence-electron chi connectivity index (χ4n) is 1.59. The maximum atomic E-state index is 5.46. The highest BCUT2D eigenvalue weighted by Gasteiger charge is 2.00. The summed E-state index contributed by atoms with van der Waals surface area (Å²) < 4.78 is 5.46. The number of nitrogens with one attached hydrogen (secondary N) is 1. The minimum absolute atomic E-state index is 0.389. The zero-order valence-electron chi connectivity index (χ0n) is 9.00. The molecule has 3 rings (SSSR count). The van der Waals surface area contributed by atoms with Gasteiger partial charge in [0.1, 0.15) is 6.61 Å². The zero-order chi connectivity index (χ0) is 11.5. The Labute approximate surface area is 97.5 Å². The highest BCUT2D eigenvalue weighted by Crippen LogP contribution is 2.14. The molecule has 0 radical (unpaired) electrons. The summed E-state index contributed by atoms with van der Waals surface area (Å²) >= 11 is 0. The van der Waals surface area contributed by atoms with Crippen molar-refractivity contribution in [2.75, 3.05) is 0 Å². The van der Waals surface area contributed by atoms with Crippen LogP contribution in [-0.4, -0.2) is 20.2 Å². The lowest BCUT2D eigenvalue weighted by Crippen LogP contribution is -1.98. The van der Waals surface area contributed by atoms with Gasteiger partial charge in [0.05, 0.1) is 11.7 Å². The second-order valence-corrected chi connectivity index (χ2v) is 3.61. The first-order valence-electron chi connectivity index (χ1n) is 5.24. The Balaban J connectivity index is 1.76. The van der Waals surface area contributed by atoms with E-state index < -0.39 is 0 Å². The molecule has 84 valence electrons. The first kappa shape index (κ1) is 9.77. The highest BCUT2D eigenvalue weighted by atomic mass is 16.5. The highest BCUT2D eigenvalue weighted by molar-refractivity contribution is 5.78. The van der Waals surface area contributed by atoms with E-state index in [2.05, 4.69) is 20.2 Å². The van der Waals surface area contributed by atoms with Gasteiger partial charge in [-0.2, -0.15) is 5.10 Å². The van der Waals surface area contributed by atoms with E-state index in [1.165, 1.54) is 0 Å². The summed E-state index contributed by atoms with van der Waals surface area (Å²) in [7, 11) is 0. The first-order chi connectivity index (χ1) is 8.42. The van der Waals surface area contributed by atoms with E-state index in [1.807, 2.05) is 18.2 Å². The molecular weight excluding hydrogens is 216 g/mol. The normalized spacial score (nSPS) is 10.6. The molecule has 3 aromatic rings. The molecule has 5 nitrogen and oxygen atoms in total. The SMILES string of the molecule is c1cnc(OCc2ccc3[nH]ncc3c2)nc1. The van der Waals surface area contributed by atoms with Crippen molar-refractivity contribution in [2.24, 2.45) is 0 Å². The molecule has 17 heavy (non-hydrogen) atoms. The zero-order valence-corrected chi connectivity index (χ0v) is 9.00. The van der Waals surface area contributed by atoms with Gasteiger partial charge in [0.25, 0.3) is 0 Å². The van der Waals surface area contributed by atoms with Gasteiger partial charge < -0.3 is 4.74 Å². The fourth-order valence-corrected chi connectivity index (χ4v) is 1.59. The molecular formula is C12H10N4O. The van der Waals surface area contributed by atoms with E-state index in [9.17, 15) is 0 Å². The Morgan fingerprint density at radius 1 is 1.18 bits per heavy atom. The van der Waals surface area contributed by atoms with Crippen LogP contribution < -0.4 is 4.74 Å². The van der Waals surface area contributed by atoms with Crippen LogP contribution in [0.25, 0.3) is 10.9 Å². The molecule has 0 spiro atoms. The van der Waals surface area contributed by atoms with E-state index >= 15 is 0 Å². The third-order valence-electron chi connectivity index (χ3n) is 2.41. The number of benzene rings is 1. The van der Waals surface area contributed by atoms with Crippen molar-refractivity contribution < 1.29 is 4.74 Å². The van der Waals surface area contributed by atoms with Crippen molar-refractivity contribution in [3.8, 4) is 6.01 Å². The molecule has 0 bridgehead atoms. The monoisotopic (exact) mass is 226 g/mol. The summed E-state index contributed by atoms with van der Waals surface area (Å²) in [6.45, 7) is 0.450. The Morgan fingerprint density at radius 3 is 2.94 bits per heavy atom. The lowest BCUT2D eigenvalue weighted by molar-refractivity contribution is 0.281. The molecule has 0 fully saturated rings. The minimum atomic E-state index is 0.389. The van der Waals surface area contributed by atoms with Crippen LogP contribution in [0.1, 0.15) is 5.56 Å². The molecule has 0 saturated carbocycles. The van der Waals surface area contributed by atoms with Crippen molar-refractivity contribution in [1.82, 2.24) is 20.2 Å². The van der Waals surface area contributed by atoms with Gasteiger partial charge in [0.15, 0.2) is 0 Å². The molecule has 5 heteroatoms. The van der Waals surface area contributed by atoms with Crippen LogP contribution >= 0.6 is 0 Å². The number of hydrogen-bond donors (Lipinski definition) is 1. The van der Waals surface area contributed by atoms with Crippen molar-refractivity contribution in [3.63, 3.8) is 0 Å². The third-order valence-corrected chi connectivity index (χ3v) is 2.41. The van der Waals surface area contributed by atoms with Crippen LogP contribution in [0.3, 0.4) is 0 Å². The van der Waals surface area contributed by atoms with E-state index in [1.54, 1.807) is 24.7 Å². The van der Waals surface area contributed by atoms with Crippen molar-refractivity contribution in [2.45, 2.75) is 6.61 Å². The maximum Gasteiger partial charge on any atom is 0.316 e. The van der Waals surface area contributed by atoms with Crippen LogP contribution in [0.2, 0.25) is 0 Å². The molecule has 0 amide bonds. The topological polar surface area (TPSA) is 63.7 Å². The molecule has 0 saturated heterocycles. The molecule has 1 aromatic carbocycles. The van der Waals surface area contributed by atoms with Crippen LogP contribution in [0.4, 0.5) is 0 Å². The number of nitrogens with zero attached hydrogens (tertiary/aromatic N) is 3. The van der Waals surface area contributed by atoms with E-state index in [0.717, 1.165) is 16.5 Å². The summed E-state index contributed by atoms with van der Waals surface area (Å²) in [5.41, 5.74) is 2.08. The minimum Gasteiger partial charge on any atom is -0.459 e. The Morgan fingerprint density at radius 2 is 2.06 bits per heavy atom. The predicted molar refractivity (Wildman–Crippen MR) is 62.5 cm³/mol. The predicted octanol–water partition coefficient (Wildman–Crippen LogP) is 1.93. The van der Waals surface area contributed by atoms with Gasteiger partial charge in [-0.05, 0) is 23.8 Å². The van der Waals surface area contributed by atoms with Crippen LogP contribution in [0.15, 0.2) is 42.9 Å². The van der Waals surface area contributed by atoms with Crippen molar-refractivity contribution >= 4 is 10.9 Å². The van der Waals surface area contributed by atoms with Gasteiger partial charge in [-0.3, -0.25) is 5.10 Å². The molecule has 2 heterocycles. The lowest BCUT2D eigenvalue weighted by Gasteiger charge is -2.03. The summed E-state index contributed by atoms with van der Waals surface area (Å²) in [5.74, 6) is 0. The molecule has 0 atom stereocenters. The molecule has 2 aromatic heterocycles. The number of aromatic nitrogens is 4. The van der Waals surface area contributed by atoms with Gasteiger partial charge >= 0.3 is 6.01 Å².